The third kappa shape index (κ3) is 42.1. The quantitative estimate of drug-likeness (QED) is 0.0615. The Morgan fingerprint density at radius 1 is 0.366 bits per heavy atom. The van der Waals surface area contributed by atoms with Crippen molar-refractivity contribution in [3.05, 3.63) is 0 Å². The largest absolute Gasteiger partial charge is 0.380 e. The van der Waals surface area contributed by atoms with E-state index in [1.54, 1.807) is 0 Å². The van der Waals surface area contributed by atoms with Crippen molar-refractivity contribution in [3.8, 4) is 0 Å². The predicted molar refractivity (Wildman–Crippen MR) is 303 cm³/mol. The lowest BCUT2D eigenvalue weighted by Crippen LogP contribution is -2.42. The summed E-state index contributed by atoms with van der Waals surface area (Å²) in [7, 11) is 0. The molecule has 0 radical (unpaired) electrons. The highest BCUT2D eigenvalue weighted by atomic mass is 16.5. The number of carbonyl (C=O) groups excluding carboxylic acids is 4. The monoisotopic (exact) mass is 1000 g/mol. The second kappa shape index (κ2) is 42.3. The van der Waals surface area contributed by atoms with Crippen LogP contribution in [0.5, 0.6) is 0 Å². The highest BCUT2D eigenvalue weighted by molar-refractivity contribution is 5.88. The van der Waals surface area contributed by atoms with E-state index in [4.69, 9.17) is 4.74 Å². The number of hydrogen-bond acceptors (Lipinski definition) is 9. The number of carbonyl (C=O) groups is 4. The van der Waals surface area contributed by atoms with Crippen molar-refractivity contribution in [1.82, 2.24) is 30.2 Å². The number of amides is 2. The lowest BCUT2D eigenvalue weighted by atomic mass is 9.93. The Hall–Kier alpha value is -1.92. The van der Waals surface area contributed by atoms with Gasteiger partial charge in [0.05, 0.1) is 19.1 Å². The van der Waals surface area contributed by atoms with Crippen molar-refractivity contribution in [2.45, 2.75) is 201 Å². The molecule has 2 atom stereocenters. The molecule has 0 aliphatic rings. The van der Waals surface area contributed by atoms with Crippen molar-refractivity contribution in [3.63, 3.8) is 0 Å². The third-order valence-corrected chi connectivity index (χ3v) is 13.9. The summed E-state index contributed by atoms with van der Waals surface area (Å²) in [6, 6.07) is 0. The van der Waals surface area contributed by atoms with E-state index in [2.05, 4.69) is 141 Å². The molecular weight excluding hydrogens is 885 g/mol. The maximum atomic E-state index is 14.2. The van der Waals surface area contributed by atoms with Crippen molar-refractivity contribution in [2.24, 2.45) is 59.2 Å². The fourth-order valence-corrected chi connectivity index (χ4v) is 8.40. The zero-order valence-electron chi connectivity index (χ0n) is 49.8. The predicted octanol–water partition coefficient (Wildman–Crippen LogP) is 11.5. The molecule has 71 heavy (non-hydrogen) atoms. The number of Topliss-reactive ketones (excluding diaryl/α,β-unsaturated/α-hetero) is 2. The fourth-order valence-electron chi connectivity index (χ4n) is 8.40. The number of rotatable bonds is 48. The summed E-state index contributed by atoms with van der Waals surface area (Å²) in [6.07, 6.45) is 11.4. The molecule has 0 aliphatic carbocycles. The normalized spacial score (nSPS) is 13.4. The Morgan fingerprint density at radius 2 is 0.676 bits per heavy atom. The van der Waals surface area contributed by atoms with Gasteiger partial charge in [-0.05, 0) is 177 Å². The first-order valence-corrected chi connectivity index (χ1v) is 29.5. The molecule has 11 nitrogen and oxygen atoms in total. The van der Waals surface area contributed by atoms with Gasteiger partial charge in [-0.3, -0.25) is 19.2 Å². The summed E-state index contributed by atoms with van der Waals surface area (Å²) >= 11 is 0. The zero-order chi connectivity index (χ0) is 53.7. The van der Waals surface area contributed by atoms with Gasteiger partial charge in [0, 0.05) is 57.8 Å². The molecule has 0 saturated heterocycles. The molecule has 0 heterocycles. The van der Waals surface area contributed by atoms with Gasteiger partial charge >= 0.3 is 0 Å². The molecule has 0 aromatic carbocycles. The summed E-state index contributed by atoms with van der Waals surface area (Å²) in [6.45, 7) is 48.5. The number of ketones is 2. The summed E-state index contributed by atoms with van der Waals surface area (Å²) < 4.78 is 6.37. The van der Waals surface area contributed by atoms with E-state index in [0.717, 1.165) is 143 Å². The molecule has 11 heteroatoms. The molecule has 0 spiro atoms. The average molecular weight is 1010 g/mol. The number of ether oxygens (including phenoxy) is 1. The molecule has 420 valence electrons. The van der Waals surface area contributed by atoms with Gasteiger partial charge in [-0.2, -0.15) is 0 Å². The van der Waals surface area contributed by atoms with Crippen LogP contribution in [0.25, 0.3) is 0 Å². The highest BCUT2D eigenvalue weighted by Crippen LogP contribution is 2.18. The highest BCUT2D eigenvalue weighted by Gasteiger charge is 2.27. The summed E-state index contributed by atoms with van der Waals surface area (Å²) in [4.78, 5) is 65.6. The van der Waals surface area contributed by atoms with Crippen molar-refractivity contribution in [2.75, 3.05) is 105 Å². The second-order valence-corrected chi connectivity index (χ2v) is 25.0. The minimum atomic E-state index is -0.725. The Kier molecular flexibility index (Phi) is 41.2. The van der Waals surface area contributed by atoms with Gasteiger partial charge in [-0.25, -0.2) is 0 Å². The Bertz CT molecular complexity index is 1190. The van der Waals surface area contributed by atoms with Crippen LogP contribution in [0.1, 0.15) is 201 Å². The van der Waals surface area contributed by atoms with Gasteiger partial charge in [0.2, 0.25) is 11.8 Å². The SMILES string of the molecule is CC(C)CCN(CCCC(=O)CC(COCC(CC(=O)NCCN(CCC(C)C)CCC(C)C)C(=O)NCCN(CCC(C)C)CCC(C)C)C(=O)CCCN(CCC(C)C)CCC(C)C)CCC(C)C. The Labute approximate surface area is 440 Å². The van der Waals surface area contributed by atoms with Crippen LogP contribution in [-0.2, 0) is 23.9 Å². The van der Waals surface area contributed by atoms with E-state index < -0.39 is 11.8 Å². The molecule has 2 N–H and O–H groups in total. The van der Waals surface area contributed by atoms with E-state index in [-0.39, 0.29) is 49.4 Å². The van der Waals surface area contributed by atoms with Crippen LogP contribution in [0.15, 0.2) is 0 Å². The van der Waals surface area contributed by atoms with Crippen molar-refractivity contribution >= 4 is 23.4 Å². The van der Waals surface area contributed by atoms with Gasteiger partial charge in [0.1, 0.15) is 11.6 Å². The first-order chi connectivity index (χ1) is 33.5. The van der Waals surface area contributed by atoms with Crippen molar-refractivity contribution < 1.29 is 23.9 Å². The smallest absolute Gasteiger partial charge is 0.226 e. The van der Waals surface area contributed by atoms with E-state index in [0.29, 0.717) is 73.3 Å². The van der Waals surface area contributed by atoms with Crippen LogP contribution in [0.2, 0.25) is 0 Å². The average Bonchev–Trinajstić information content (AvgIpc) is 3.27. The van der Waals surface area contributed by atoms with Crippen LogP contribution < -0.4 is 10.6 Å². The van der Waals surface area contributed by atoms with E-state index in [9.17, 15) is 19.2 Å². The molecule has 0 fully saturated rings. The summed E-state index contributed by atoms with van der Waals surface area (Å²) in [5, 5.41) is 6.30. The van der Waals surface area contributed by atoms with Crippen molar-refractivity contribution in [1.29, 1.82) is 0 Å². The molecule has 0 saturated carbocycles. The van der Waals surface area contributed by atoms with E-state index in [1.165, 1.54) is 0 Å². The van der Waals surface area contributed by atoms with Crippen LogP contribution in [-0.4, -0.2) is 148 Å². The first kappa shape index (κ1) is 69.1. The van der Waals surface area contributed by atoms with Crippen LogP contribution in [0.4, 0.5) is 0 Å². The maximum Gasteiger partial charge on any atom is 0.226 e. The van der Waals surface area contributed by atoms with E-state index >= 15 is 0 Å². The van der Waals surface area contributed by atoms with Crippen LogP contribution in [0.3, 0.4) is 0 Å². The zero-order valence-corrected chi connectivity index (χ0v) is 49.8. The van der Waals surface area contributed by atoms with Gasteiger partial charge in [0.15, 0.2) is 0 Å². The molecular formula is C60H120N6O5. The third-order valence-electron chi connectivity index (χ3n) is 13.9. The lowest BCUT2D eigenvalue weighted by Gasteiger charge is -2.26. The summed E-state index contributed by atoms with van der Waals surface area (Å²) in [5.41, 5.74) is 0. The minimum absolute atomic E-state index is 0.00150. The molecule has 0 aromatic heterocycles. The molecule has 0 bridgehead atoms. The van der Waals surface area contributed by atoms with Crippen LogP contribution in [0, 0.1) is 59.2 Å². The number of hydrogen-bond donors (Lipinski definition) is 2. The van der Waals surface area contributed by atoms with E-state index in [1.807, 2.05) is 0 Å². The van der Waals surface area contributed by atoms with Gasteiger partial charge in [-0.15, -0.1) is 0 Å². The lowest BCUT2D eigenvalue weighted by molar-refractivity contribution is -0.134. The first-order valence-electron chi connectivity index (χ1n) is 29.5. The second-order valence-electron chi connectivity index (χ2n) is 25.0. The number of nitrogens with zero attached hydrogens (tertiary/aromatic N) is 4. The van der Waals surface area contributed by atoms with Gasteiger partial charge < -0.3 is 35.0 Å². The Balaban J connectivity index is 6.28. The molecule has 0 rings (SSSR count). The maximum absolute atomic E-state index is 14.2. The number of nitrogens with one attached hydrogen (secondary N) is 2. The summed E-state index contributed by atoms with van der Waals surface area (Å²) in [5.74, 6) is 3.35. The van der Waals surface area contributed by atoms with Gasteiger partial charge in [0.25, 0.3) is 0 Å². The molecule has 2 unspecified atom stereocenters. The van der Waals surface area contributed by atoms with Gasteiger partial charge in [-0.1, -0.05) is 111 Å². The molecule has 2 amide bonds. The minimum Gasteiger partial charge on any atom is -0.380 e. The Morgan fingerprint density at radius 3 is 1.03 bits per heavy atom. The molecule has 0 aliphatic heterocycles. The van der Waals surface area contributed by atoms with Crippen LogP contribution >= 0.6 is 0 Å². The fraction of sp³-hybridized carbons (Fsp3) is 0.933. The standard InChI is InChI=1S/C60H120N6O5/c1-47(2)21-33-63(34-22-48(3)4)31-17-19-57(67)43-55(58(68)20-18-32-64(35-23-49(5)6)36-24-50(7)8)45-71-46-56(60(70)62-30-42-66(39-27-53(13)14)40-28-54(15)16)44-59(69)61-29-41-65(37-25-51(9)10)38-26-52(11)12/h47-56H,17-46H2,1-16H3,(H,61,69)(H,62,70). The molecule has 0 aromatic rings. The topological polar surface area (TPSA) is 115 Å².